The largest absolute Gasteiger partial charge is 0.379 e. The minimum atomic E-state index is 0.330. The standard InChI is InChI=1S/C4H9ClNO/c5-1-3-7-4-2-6/h6H,1-4H2. The van der Waals surface area contributed by atoms with Crippen molar-refractivity contribution in [3.05, 3.63) is 0 Å². The van der Waals surface area contributed by atoms with Crippen molar-refractivity contribution in [1.29, 1.82) is 0 Å². The molecule has 2 nitrogen and oxygen atoms in total. The van der Waals surface area contributed by atoms with E-state index >= 15 is 0 Å². The summed E-state index contributed by atoms with van der Waals surface area (Å²) in [6.45, 7) is 1.41. The normalized spacial score (nSPS) is 9.43. The van der Waals surface area contributed by atoms with Gasteiger partial charge in [-0.1, -0.05) is 0 Å². The second-order valence-electron chi connectivity index (χ2n) is 1.05. The predicted octanol–water partition coefficient (Wildman–Crippen LogP) is 0.525. The molecule has 0 aromatic heterocycles. The van der Waals surface area contributed by atoms with Gasteiger partial charge in [0.15, 0.2) is 0 Å². The average molecular weight is 123 g/mol. The minimum Gasteiger partial charge on any atom is -0.379 e. The SMILES string of the molecule is [NH]CCOCCCl. The molecule has 0 aliphatic carbocycles. The molecule has 0 aromatic carbocycles. The van der Waals surface area contributed by atoms with E-state index in [1.165, 1.54) is 0 Å². The molecule has 0 aromatic rings. The zero-order valence-corrected chi connectivity index (χ0v) is 4.87. The lowest BCUT2D eigenvalue weighted by atomic mass is 10.7. The summed E-state index contributed by atoms with van der Waals surface area (Å²) in [5, 5.41) is 0. The number of hydrogen-bond donors (Lipinski definition) is 0. The van der Waals surface area contributed by atoms with E-state index in [0.29, 0.717) is 25.6 Å². The Hall–Kier alpha value is 0.210. The van der Waals surface area contributed by atoms with Crippen LogP contribution in [0.3, 0.4) is 0 Å². The van der Waals surface area contributed by atoms with Crippen LogP contribution in [0.25, 0.3) is 0 Å². The molecule has 7 heavy (non-hydrogen) atoms. The van der Waals surface area contributed by atoms with Crippen molar-refractivity contribution >= 4 is 11.6 Å². The van der Waals surface area contributed by atoms with E-state index in [2.05, 4.69) is 0 Å². The number of rotatable bonds is 4. The second-order valence-corrected chi connectivity index (χ2v) is 1.43. The summed E-state index contributed by atoms with van der Waals surface area (Å²) in [6, 6.07) is 0. The highest BCUT2D eigenvalue weighted by Crippen LogP contribution is 1.75. The van der Waals surface area contributed by atoms with Crippen molar-refractivity contribution in [3.63, 3.8) is 0 Å². The van der Waals surface area contributed by atoms with Crippen molar-refractivity contribution in [2.24, 2.45) is 0 Å². The summed E-state index contributed by atoms with van der Waals surface area (Å²) in [5.74, 6) is 0.528. The fraction of sp³-hybridized carbons (Fsp3) is 1.00. The van der Waals surface area contributed by atoms with Crippen molar-refractivity contribution in [3.8, 4) is 0 Å². The number of nitrogens with one attached hydrogen (secondary N) is 1. The molecule has 0 bridgehead atoms. The highest BCUT2D eigenvalue weighted by atomic mass is 35.5. The van der Waals surface area contributed by atoms with Crippen LogP contribution in [0.1, 0.15) is 0 Å². The number of halogens is 1. The van der Waals surface area contributed by atoms with Gasteiger partial charge in [-0.05, 0) is 0 Å². The van der Waals surface area contributed by atoms with Gasteiger partial charge >= 0.3 is 0 Å². The molecule has 1 radical (unpaired) electrons. The summed E-state index contributed by atoms with van der Waals surface area (Å²) < 4.78 is 4.81. The molecular weight excluding hydrogens is 114 g/mol. The van der Waals surface area contributed by atoms with Gasteiger partial charge in [0.1, 0.15) is 0 Å². The first-order chi connectivity index (χ1) is 3.41. The predicted molar refractivity (Wildman–Crippen MR) is 29.5 cm³/mol. The van der Waals surface area contributed by atoms with Crippen LogP contribution in [-0.2, 0) is 4.74 Å². The van der Waals surface area contributed by atoms with E-state index in [4.69, 9.17) is 22.1 Å². The molecule has 0 aliphatic rings. The second kappa shape index (κ2) is 6.21. The first-order valence-electron chi connectivity index (χ1n) is 2.20. The first kappa shape index (κ1) is 7.21. The molecule has 0 unspecified atom stereocenters. The lowest BCUT2D eigenvalue weighted by Gasteiger charge is -1.94. The van der Waals surface area contributed by atoms with Crippen LogP contribution in [0.4, 0.5) is 0 Å². The Morgan fingerprint density at radius 3 is 2.57 bits per heavy atom. The highest BCUT2D eigenvalue weighted by molar-refractivity contribution is 6.17. The number of alkyl halides is 1. The van der Waals surface area contributed by atoms with E-state index in [0.717, 1.165) is 0 Å². The van der Waals surface area contributed by atoms with Gasteiger partial charge in [0, 0.05) is 12.4 Å². The van der Waals surface area contributed by atoms with Crippen LogP contribution in [0.2, 0.25) is 0 Å². The van der Waals surface area contributed by atoms with E-state index < -0.39 is 0 Å². The van der Waals surface area contributed by atoms with Gasteiger partial charge in [-0.25, -0.2) is 0 Å². The topological polar surface area (TPSA) is 33.0 Å². The summed E-state index contributed by atoms with van der Waals surface area (Å²) in [5.41, 5.74) is 6.61. The third-order valence-electron chi connectivity index (χ3n) is 0.468. The third kappa shape index (κ3) is 6.21. The van der Waals surface area contributed by atoms with Crippen LogP contribution in [0.15, 0.2) is 0 Å². The molecule has 0 heterocycles. The lowest BCUT2D eigenvalue weighted by molar-refractivity contribution is 0.156. The third-order valence-corrected chi connectivity index (χ3v) is 0.622. The van der Waals surface area contributed by atoms with Gasteiger partial charge in [0.25, 0.3) is 0 Å². The van der Waals surface area contributed by atoms with Crippen LogP contribution < -0.4 is 5.73 Å². The quantitative estimate of drug-likeness (QED) is 0.396. The zero-order valence-electron chi connectivity index (χ0n) is 4.11. The Labute approximate surface area is 48.6 Å². The Bertz CT molecular complexity index is 30.9. The maximum Gasteiger partial charge on any atom is 0.0605 e. The Morgan fingerprint density at radius 1 is 1.43 bits per heavy atom. The van der Waals surface area contributed by atoms with Gasteiger partial charge < -0.3 is 4.74 Å². The van der Waals surface area contributed by atoms with Crippen LogP contribution >= 0.6 is 11.6 Å². The lowest BCUT2D eigenvalue weighted by Crippen LogP contribution is -2.01. The fourth-order valence-electron chi connectivity index (χ4n) is 0.229. The molecule has 0 fully saturated rings. The van der Waals surface area contributed by atoms with E-state index in [1.807, 2.05) is 0 Å². The first-order valence-corrected chi connectivity index (χ1v) is 2.73. The van der Waals surface area contributed by atoms with E-state index in [-0.39, 0.29) is 0 Å². The summed E-state index contributed by atoms with van der Waals surface area (Å²) in [7, 11) is 0. The Balaban J connectivity index is 2.45. The Kier molecular flexibility index (Phi) is 6.40. The maximum atomic E-state index is 6.61. The smallest absolute Gasteiger partial charge is 0.0605 e. The monoisotopic (exact) mass is 122 g/mol. The molecular formula is C4H9ClNO. The van der Waals surface area contributed by atoms with Crippen molar-refractivity contribution in [2.75, 3.05) is 25.6 Å². The van der Waals surface area contributed by atoms with Gasteiger partial charge in [0.05, 0.1) is 13.2 Å². The molecule has 0 amide bonds. The average Bonchev–Trinajstić information content (AvgIpc) is 1.69. The van der Waals surface area contributed by atoms with Crippen molar-refractivity contribution < 1.29 is 4.74 Å². The van der Waals surface area contributed by atoms with Crippen LogP contribution in [0.5, 0.6) is 0 Å². The van der Waals surface area contributed by atoms with Gasteiger partial charge in [-0.2, -0.15) is 0 Å². The van der Waals surface area contributed by atoms with Gasteiger partial charge in [0.2, 0.25) is 0 Å². The van der Waals surface area contributed by atoms with Crippen LogP contribution in [-0.4, -0.2) is 25.6 Å². The van der Waals surface area contributed by atoms with Gasteiger partial charge in [-0.15, -0.1) is 11.6 Å². The highest BCUT2D eigenvalue weighted by Gasteiger charge is 1.79. The molecule has 0 spiro atoms. The molecule has 3 heteroatoms. The Morgan fingerprint density at radius 2 is 2.14 bits per heavy atom. The molecule has 1 N–H and O–H groups in total. The van der Waals surface area contributed by atoms with Crippen molar-refractivity contribution in [2.45, 2.75) is 0 Å². The molecule has 0 aliphatic heterocycles. The number of hydrogen-bond acceptors (Lipinski definition) is 1. The molecule has 0 rings (SSSR count). The van der Waals surface area contributed by atoms with E-state index in [9.17, 15) is 0 Å². The number of ether oxygens (including phenoxy) is 1. The minimum absolute atomic E-state index is 0.330. The molecule has 0 saturated heterocycles. The summed E-state index contributed by atoms with van der Waals surface area (Å²) in [4.78, 5) is 0. The molecule has 0 atom stereocenters. The van der Waals surface area contributed by atoms with Crippen molar-refractivity contribution in [1.82, 2.24) is 5.73 Å². The van der Waals surface area contributed by atoms with Gasteiger partial charge in [-0.3, -0.25) is 5.73 Å². The molecule has 43 valence electrons. The maximum absolute atomic E-state index is 6.61. The summed E-state index contributed by atoms with van der Waals surface area (Å²) >= 11 is 5.25. The summed E-state index contributed by atoms with van der Waals surface area (Å²) in [6.07, 6.45) is 0. The molecule has 0 saturated carbocycles. The fourth-order valence-corrected chi connectivity index (χ4v) is 0.338. The van der Waals surface area contributed by atoms with E-state index in [1.54, 1.807) is 0 Å². The zero-order chi connectivity index (χ0) is 5.54. The van der Waals surface area contributed by atoms with Crippen LogP contribution in [0, 0.1) is 0 Å².